The summed E-state index contributed by atoms with van der Waals surface area (Å²) in [5, 5.41) is 3.11. The molecule has 1 aromatic heterocycles. The highest BCUT2D eigenvalue weighted by Crippen LogP contribution is 2.38. The van der Waals surface area contributed by atoms with E-state index < -0.39 is 0 Å². The Morgan fingerprint density at radius 3 is 2.91 bits per heavy atom. The fourth-order valence-electron chi connectivity index (χ4n) is 2.15. The molecule has 0 spiro atoms. The largest absolute Gasteiger partial charge is 0.489 e. The second kappa shape index (κ2) is 6.23. The highest BCUT2D eigenvalue weighted by atomic mass is 35.5. The van der Waals surface area contributed by atoms with Gasteiger partial charge in [0.05, 0.1) is 18.2 Å². The number of halogens is 1. The van der Waals surface area contributed by atoms with Gasteiger partial charge >= 0.3 is 0 Å². The second-order valence-electron chi connectivity index (χ2n) is 5.01. The summed E-state index contributed by atoms with van der Waals surface area (Å²) in [4.78, 5) is 16.5. The van der Waals surface area contributed by atoms with Gasteiger partial charge in [0.15, 0.2) is 11.5 Å². The van der Waals surface area contributed by atoms with Gasteiger partial charge in [-0.1, -0.05) is 11.6 Å². The topological polar surface area (TPSA) is 60.5 Å². The third kappa shape index (κ3) is 3.14. The molecule has 0 radical (unpaired) electrons. The van der Waals surface area contributed by atoms with E-state index >= 15 is 0 Å². The summed E-state index contributed by atoms with van der Waals surface area (Å²) in [6.07, 6.45) is 2.42. The standard InChI is InChI=1S/C16H15ClN2O3/c1-10-3-4-18-14(7-10)19-16(20)11-8-12(17)15-13(9-11)21-5-2-6-22-15/h3-4,7-9H,2,5-6H2,1H3,(H,18,19,20). The Hall–Kier alpha value is -2.27. The van der Waals surface area contributed by atoms with Crippen LogP contribution in [-0.4, -0.2) is 24.1 Å². The van der Waals surface area contributed by atoms with Gasteiger partial charge in [-0.05, 0) is 36.8 Å². The van der Waals surface area contributed by atoms with Crippen molar-refractivity contribution in [2.45, 2.75) is 13.3 Å². The number of nitrogens with zero attached hydrogens (tertiary/aromatic N) is 1. The molecule has 1 N–H and O–H groups in total. The van der Waals surface area contributed by atoms with Crippen molar-refractivity contribution in [2.75, 3.05) is 18.5 Å². The number of hydrogen-bond donors (Lipinski definition) is 1. The monoisotopic (exact) mass is 318 g/mol. The maximum atomic E-state index is 12.3. The van der Waals surface area contributed by atoms with Gasteiger partial charge in [-0.15, -0.1) is 0 Å². The first-order valence-electron chi connectivity index (χ1n) is 6.96. The van der Waals surface area contributed by atoms with Crippen molar-refractivity contribution in [1.82, 2.24) is 4.98 Å². The number of aryl methyl sites for hydroxylation is 1. The van der Waals surface area contributed by atoms with Crippen LogP contribution in [-0.2, 0) is 0 Å². The molecule has 114 valence electrons. The zero-order chi connectivity index (χ0) is 15.5. The summed E-state index contributed by atoms with van der Waals surface area (Å²) in [6, 6.07) is 6.86. The molecule has 0 saturated carbocycles. The molecule has 0 unspecified atom stereocenters. The van der Waals surface area contributed by atoms with Crippen LogP contribution in [0.3, 0.4) is 0 Å². The van der Waals surface area contributed by atoms with Crippen molar-refractivity contribution in [2.24, 2.45) is 0 Å². The van der Waals surface area contributed by atoms with Gasteiger partial charge in [-0.2, -0.15) is 0 Å². The number of ether oxygens (including phenoxy) is 2. The maximum Gasteiger partial charge on any atom is 0.257 e. The van der Waals surface area contributed by atoms with E-state index in [1.54, 1.807) is 24.4 Å². The Labute approximate surface area is 133 Å². The minimum absolute atomic E-state index is 0.296. The van der Waals surface area contributed by atoms with Crippen LogP contribution >= 0.6 is 11.6 Å². The number of rotatable bonds is 2. The third-order valence-corrected chi connectivity index (χ3v) is 3.50. The second-order valence-corrected chi connectivity index (χ2v) is 5.42. The molecule has 1 aliphatic rings. The number of carbonyl (C=O) groups excluding carboxylic acids is 1. The zero-order valence-electron chi connectivity index (χ0n) is 12.1. The number of aromatic nitrogens is 1. The average Bonchev–Trinajstić information content (AvgIpc) is 2.73. The van der Waals surface area contributed by atoms with Gasteiger partial charge in [0.1, 0.15) is 5.82 Å². The SMILES string of the molecule is Cc1ccnc(NC(=O)c2cc(Cl)c3c(c2)OCCCO3)c1. The molecule has 0 atom stereocenters. The fourth-order valence-corrected chi connectivity index (χ4v) is 2.42. The molecule has 0 bridgehead atoms. The van der Waals surface area contributed by atoms with Crippen molar-refractivity contribution in [3.63, 3.8) is 0 Å². The Balaban J connectivity index is 1.86. The van der Waals surface area contributed by atoms with Crippen molar-refractivity contribution in [3.05, 3.63) is 46.6 Å². The number of benzene rings is 1. The molecule has 2 heterocycles. The van der Waals surface area contributed by atoms with Crippen molar-refractivity contribution in [1.29, 1.82) is 0 Å². The lowest BCUT2D eigenvalue weighted by molar-refractivity contribution is 0.102. The van der Waals surface area contributed by atoms with Gasteiger partial charge < -0.3 is 14.8 Å². The number of carbonyl (C=O) groups is 1. The van der Waals surface area contributed by atoms with Crippen LogP contribution in [0.25, 0.3) is 0 Å². The number of fused-ring (bicyclic) bond motifs is 1. The molecule has 0 fully saturated rings. The minimum Gasteiger partial charge on any atom is -0.489 e. The molecule has 2 aromatic rings. The zero-order valence-corrected chi connectivity index (χ0v) is 12.8. The van der Waals surface area contributed by atoms with E-state index in [9.17, 15) is 4.79 Å². The smallest absolute Gasteiger partial charge is 0.257 e. The first-order valence-corrected chi connectivity index (χ1v) is 7.34. The van der Waals surface area contributed by atoms with E-state index in [0.29, 0.717) is 41.1 Å². The Morgan fingerprint density at radius 1 is 1.27 bits per heavy atom. The first-order chi connectivity index (χ1) is 10.6. The number of anilines is 1. The molecular formula is C16H15ClN2O3. The Kier molecular flexibility index (Phi) is 4.15. The van der Waals surface area contributed by atoms with Crippen LogP contribution in [0.1, 0.15) is 22.3 Å². The quantitative estimate of drug-likeness (QED) is 0.921. The summed E-state index contributed by atoms with van der Waals surface area (Å²) in [5.41, 5.74) is 1.42. The predicted octanol–water partition coefficient (Wildman–Crippen LogP) is 3.46. The molecule has 6 heteroatoms. The van der Waals surface area contributed by atoms with Crippen LogP contribution in [0, 0.1) is 6.92 Å². The van der Waals surface area contributed by atoms with Gasteiger partial charge in [-0.25, -0.2) is 4.98 Å². The lowest BCUT2D eigenvalue weighted by Crippen LogP contribution is -2.13. The summed E-state index contributed by atoms with van der Waals surface area (Å²) >= 11 is 6.19. The molecule has 1 amide bonds. The Morgan fingerprint density at radius 2 is 2.09 bits per heavy atom. The number of amides is 1. The summed E-state index contributed by atoms with van der Waals surface area (Å²) in [7, 11) is 0. The van der Waals surface area contributed by atoms with Crippen LogP contribution in [0.2, 0.25) is 5.02 Å². The van der Waals surface area contributed by atoms with Crippen LogP contribution in [0.4, 0.5) is 5.82 Å². The van der Waals surface area contributed by atoms with Crippen LogP contribution in [0.15, 0.2) is 30.5 Å². The molecule has 1 aromatic carbocycles. The number of pyridine rings is 1. The molecule has 0 saturated heterocycles. The van der Waals surface area contributed by atoms with E-state index in [1.165, 1.54) is 0 Å². The van der Waals surface area contributed by atoms with E-state index in [2.05, 4.69) is 10.3 Å². The van der Waals surface area contributed by atoms with Gasteiger partial charge in [0, 0.05) is 18.2 Å². The highest BCUT2D eigenvalue weighted by molar-refractivity contribution is 6.32. The molecule has 22 heavy (non-hydrogen) atoms. The molecule has 0 aliphatic carbocycles. The van der Waals surface area contributed by atoms with Crippen LogP contribution < -0.4 is 14.8 Å². The minimum atomic E-state index is -0.296. The summed E-state index contributed by atoms with van der Waals surface area (Å²) < 4.78 is 11.1. The van der Waals surface area contributed by atoms with Gasteiger partial charge in [-0.3, -0.25) is 4.79 Å². The lowest BCUT2D eigenvalue weighted by atomic mass is 10.2. The molecular weight excluding hydrogens is 304 g/mol. The maximum absolute atomic E-state index is 12.3. The van der Waals surface area contributed by atoms with E-state index in [1.807, 2.05) is 13.0 Å². The molecule has 3 rings (SSSR count). The summed E-state index contributed by atoms with van der Waals surface area (Å²) in [6.45, 7) is 3.01. The van der Waals surface area contributed by atoms with Crippen molar-refractivity contribution < 1.29 is 14.3 Å². The highest BCUT2D eigenvalue weighted by Gasteiger charge is 2.18. The van der Waals surface area contributed by atoms with E-state index in [4.69, 9.17) is 21.1 Å². The molecule has 5 nitrogen and oxygen atoms in total. The van der Waals surface area contributed by atoms with Crippen molar-refractivity contribution in [3.8, 4) is 11.5 Å². The van der Waals surface area contributed by atoms with Crippen LogP contribution in [0.5, 0.6) is 11.5 Å². The van der Waals surface area contributed by atoms with Crippen molar-refractivity contribution >= 4 is 23.3 Å². The fraction of sp³-hybridized carbons (Fsp3) is 0.250. The third-order valence-electron chi connectivity index (χ3n) is 3.22. The lowest BCUT2D eigenvalue weighted by Gasteiger charge is -2.11. The van der Waals surface area contributed by atoms with Gasteiger partial charge in [0.2, 0.25) is 0 Å². The number of nitrogens with one attached hydrogen (secondary N) is 1. The summed E-state index contributed by atoms with van der Waals surface area (Å²) in [5.74, 6) is 1.18. The molecule has 1 aliphatic heterocycles. The normalized spacial score (nSPS) is 13.4. The Bertz CT molecular complexity index is 719. The van der Waals surface area contributed by atoms with E-state index in [0.717, 1.165) is 12.0 Å². The van der Waals surface area contributed by atoms with Gasteiger partial charge in [0.25, 0.3) is 5.91 Å². The predicted molar refractivity (Wildman–Crippen MR) is 84.0 cm³/mol. The first kappa shape index (κ1) is 14.7. The average molecular weight is 319 g/mol. The van der Waals surface area contributed by atoms with E-state index in [-0.39, 0.29) is 5.91 Å². The number of hydrogen-bond acceptors (Lipinski definition) is 4.